The average Bonchev–Trinajstić information content (AvgIpc) is 2.54. The first-order chi connectivity index (χ1) is 11.0. The first-order valence-electron chi connectivity index (χ1n) is 7.80. The van der Waals surface area contributed by atoms with Gasteiger partial charge >= 0.3 is 0 Å². The second kappa shape index (κ2) is 11.6. The van der Waals surface area contributed by atoms with E-state index in [9.17, 15) is 14.7 Å². The molecular weight excluding hydrogens is 324 g/mol. The lowest BCUT2D eigenvalue weighted by Crippen LogP contribution is -2.40. The number of amides is 2. The Bertz CT molecular complexity index is 371. The molecule has 8 nitrogen and oxygen atoms in total. The highest BCUT2D eigenvalue weighted by Crippen LogP contribution is 2.20. The molecule has 134 valence electrons. The summed E-state index contributed by atoms with van der Waals surface area (Å²) in [6, 6.07) is 0. The molecule has 0 aromatic carbocycles. The monoisotopic (exact) mass is 350 g/mol. The predicted octanol–water partition coefficient (Wildman–Crippen LogP) is -0.501. The molecule has 1 saturated heterocycles. The van der Waals surface area contributed by atoms with Crippen molar-refractivity contribution in [2.75, 3.05) is 19.8 Å². The van der Waals surface area contributed by atoms with Crippen LogP contribution in [0.15, 0.2) is 0 Å². The van der Waals surface area contributed by atoms with Crippen molar-refractivity contribution in [1.82, 2.24) is 10.0 Å². The Morgan fingerprint density at radius 1 is 1.22 bits per heavy atom. The summed E-state index contributed by atoms with van der Waals surface area (Å²) in [6.45, 7) is 0.456. The fraction of sp³-hybridized carbons (Fsp3) is 0.857. The Morgan fingerprint density at radius 3 is 2.57 bits per heavy atom. The van der Waals surface area contributed by atoms with Crippen LogP contribution in [-0.2, 0) is 19.1 Å². The zero-order valence-electron chi connectivity index (χ0n) is 13.1. The molecule has 1 aliphatic heterocycles. The van der Waals surface area contributed by atoms with Crippen LogP contribution in [0.4, 0.5) is 0 Å². The third-order valence-electron chi connectivity index (χ3n) is 3.46. The zero-order valence-corrected chi connectivity index (χ0v) is 14.0. The van der Waals surface area contributed by atoms with Crippen molar-refractivity contribution >= 4 is 24.6 Å². The molecule has 1 heterocycles. The van der Waals surface area contributed by atoms with Crippen molar-refractivity contribution in [3.05, 3.63) is 0 Å². The summed E-state index contributed by atoms with van der Waals surface area (Å²) in [5.41, 5.74) is 0. The summed E-state index contributed by atoms with van der Waals surface area (Å²) >= 11 is 3.64. The largest absolute Gasteiger partial charge is 0.394 e. The van der Waals surface area contributed by atoms with E-state index >= 15 is 0 Å². The van der Waals surface area contributed by atoms with Gasteiger partial charge in [-0.2, -0.15) is 0 Å². The van der Waals surface area contributed by atoms with Gasteiger partial charge in [-0.25, -0.2) is 0 Å². The summed E-state index contributed by atoms with van der Waals surface area (Å²) < 4.78 is 13.1. The van der Waals surface area contributed by atoms with Gasteiger partial charge in [-0.3, -0.25) is 9.59 Å². The number of thiol groups is 1. The lowest BCUT2D eigenvalue weighted by Gasteiger charge is -2.32. The van der Waals surface area contributed by atoms with E-state index in [1.165, 1.54) is 0 Å². The van der Waals surface area contributed by atoms with E-state index in [2.05, 4.69) is 22.9 Å². The fourth-order valence-corrected chi connectivity index (χ4v) is 2.38. The molecule has 0 bridgehead atoms. The lowest BCUT2D eigenvalue weighted by atomic mass is 10.1. The first kappa shape index (κ1) is 20.2. The fourth-order valence-electron chi connectivity index (χ4n) is 2.27. The van der Waals surface area contributed by atoms with Gasteiger partial charge in [-0.05, 0) is 12.8 Å². The number of aliphatic hydroxyl groups is 2. The number of carbonyl (C=O) groups is 2. The molecule has 1 rings (SSSR count). The minimum absolute atomic E-state index is 0.0993. The maximum absolute atomic E-state index is 11.6. The average molecular weight is 350 g/mol. The zero-order chi connectivity index (χ0) is 17.1. The van der Waals surface area contributed by atoms with Gasteiger partial charge in [0.1, 0.15) is 0 Å². The van der Waals surface area contributed by atoms with E-state index in [1.807, 2.05) is 0 Å². The van der Waals surface area contributed by atoms with E-state index in [0.717, 1.165) is 0 Å². The smallest absolute Gasteiger partial charge is 0.229 e. The highest BCUT2D eigenvalue weighted by Gasteiger charge is 2.28. The molecule has 1 aliphatic rings. The van der Waals surface area contributed by atoms with Gasteiger partial charge in [0.2, 0.25) is 11.8 Å². The van der Waals surface area contributed by atoms with Gasteiger partial charge in [0.25, 0.3) is 0 Å². The van der Waals surface area contributed by atoms with Crippen molar-refractivity contribution in [2.45, 2.75) is 57.0 Å². The summed E-state index contributed by atoms with van der Waals surface area (Å²) in [7, 11) is 0. The van der Waals surface area contributed by atoms with Crippen LogP contribution in [-0.4, -0.2) is 60.3 Å². The normalized spacial score (nSPS) is 24.2. The van der Waals surface area contributed by atoms with Crippen LogP contribution >= 0.6 is 12.8 Å². The number of nitrogens with one attached hydrogen (secondary N) is 2. The van der Waals surface area contributed by atoms with Gasteiger partial charge in [0.15, 0.2) is 6.29 Å². The van der Waals surface area contributed by atoms with Crippen LogP contribution in [0, 0.1) is 0 Å². The standard InChI is InChI=1S/C14H26N2O6S/c17-9-11-7-10(18)8-14(22-11)21-6-5-15-12(19)3-1-2-4-13(20)16-23/h10-11,14,17-18,23H,1-9H2,(H,15,19)(H,16,20). The maximum atomic E-state index is 11.6. The topological polar surface area (TPSA) is 117 Å². The third kappa shape index (κ3) is 9.11. The highest BCUT2D eigenvalue weighted by molar-refractivity contribution is 7.78. The Kier molecular flexibility index (Phi) is 10.2. The molecular formula is C14H26N2O6S. The summed E-state index contributed by atoms with van der Waals surface area (Å²) in [6.07, 6.45) is 1.21. The molecule has 3 atom stereocenters. The van der Waals surface area contributed by atoms with Crippen LogP contribution in [0.2, 0.25) is 0 Å². The van der Waals surface area contributed by atoms with Gasteiger partial charge in [0, 0.05) is 32.2 Å². The Morgan fingerprint density at radius 2 is 1.91 bits per heavy atom. The van der Waals surface area contributed by atoms with E-state index in [0.29, 0.717) is 45.1 Å². The van der Waals surface area contributed by atoms with Crippen LogP contribution in [0.3, 0.4) is 0 Å². The van der Waals surface area contributed by atoms with Gasteiger partial charge in [-0.15, -0.1) is 0 Å². The molecule has 23 heavy (non-hydrogen) atoms. The van der Waals surface area contributed by atoms with Gasteiger partial charge in [-0.1, -0.05) is 12.8 Å². The maximum Gasteiger partial charge on any atom is 0.229 e. The van der Waals surface area contributed by atoms with Crippen LogP contribution in [0.1, 0.15) is 38.5 Å². The van der Waals surface area contributed by atoms with Crippen molar-refractivity contribution < 1.29 is 29.3 Å². The van der Waals surface area contributed by atoms with Crippen molar-refractivity contribution in [2.24, 2.45) is 0 Å². The summed E-state index contributed by atoms with van der Waals surface area (Å²) in [5, 5.41) is 21.4. The number of hydrogen-bond donors (Lipinski definition) is 5. The van der Waals surface area contributed by atoms with E-state index in [1.54, 1.807) is 0 Å². The number of aliphatic hydroxyl groups excluding tert-OH is 2. The number of carbonyl (C=O) groups excluding carboxylic acids is 2. The highest BCUT2D eigenvalue weighted by atomic mass is 32.1. The number of hydrogen-bond acceptors (Lipinski definition) is 7. The minimum atomic E-state index is -0.562. The number of unbranched alkanes of at least 4 members (excludes halogenated alkanes) is 1. The van der Waals surface area contributed by atoms with Gasteiger partial charge in [0.05, 0.1) is 25.4 Å². The molecule has 3 unspecified atom stereocenters. The Hall–Kier alpha value is -0.870. The van der Waals surface area contributed by atoms with Crippen molar-refractivity contribution in [1.29, 1.82) is 0 Å². The molecule has 4 N–H and O–H groups in total. The molecule has 0 aromatic rings. The van der Waals surface area contributed by atoms with E-state index in [4.69, 9.17) is 14.6 Å². The first-order valence-corrected chi connectivity index (χ1v) is 8.25. The number of ether oxygens (including phenoxy) is 2. The van der Waals surface area contributed by atoms with E-state index in [-0.39, 0.29) is 25.0 Å². The predicted molar refractivity (Wildman–Crippen MR) is 85.5 cm³/mol. The second-order valence-electron chi connectivity index (χ2n) is 5.46. The van der Waals surface area contributed by atoms with Crippen LogP contribution < -0.4 is 10.0 Å². The molecule has 0 aromatic heterocycles. The quantitative estimate of drug-likeness (QED) is 0.268. The Balaban J connectivity index is 2.03. The molecule has 0 radical (unpaired) electrons. The van der Waals surface area contributed by atoms with Crippen molar-refractivity contribution in [3.63, 3.8) is 0 Å². The van der Waals surface area contributed by atoms with Crippen LogP contribution in [0.5, 0.6) is 0 Å². The van der Waals surface area contributed by atoms with Gasteiger partial charge < -0.3 is 29.7 Å². The SMILES string of the molecule is O=C(CCCCC(=O)NCCOC1CC(O)CC(CO)O1)NS. The lowest BCUT2D eigenvalue weighted by molar-refractivity contribution is -0.220. The molecule has 2 amide bonds. The second-order valence-corrected chi connectivity index (χ2v) is 5.68. The summed E-state index contributed by atoms with van der Waals surface area (Å²) in [5.74, 6) is -0.254. The minimum Gasteiger partial charge on any atom is -0.394 e. The molecule has 0 aliphatic carbocycles. The van der Waals surface area contributed by atoms with E-state index < -0.39 is 18.5 Å². The Labute approximate surface area is 141 Å². The van der Waals surface area contributed by atoms with Crippen LogP contribution in [0.25, 0.3) is 0 Å². The summed E-state index contributed by atoms with van der Waals surface area (Å²) in [4.78, 5) is 22.5. The molecule has 0 spiro atoms. The molecule has 9 heteroatoms. The molecule has 0 saturated carbocycles. The third-order valence-corrected chi connectivity index (χ3v) is 3.71. The number of rotatable bonds is 10. The molecule has 1 fully saturated rings. The van der Waals surface area contributed by atoms with Crippen molar-refractivity contribution in [3.8, 4) is 0 Å².